The zero-order chi connectivity index (χ0) is 14.0. The monoisotopic (exact) mass is 270 g/mol. The first-order chi connectivity index (χ1) is 9.08. The minimum atomic E-state index is -1.25. The maximum absolute atomic E-state index is 11.6. The summed E-state index contributed by atoms with van der Waals surface area (Å²) >= 11 is 0. The minimum absolute atomic E-state index is 0.493. The second-order valence-corrected chi connectivity index (χ2v) is 3.95. The lowest BCUT2D eigenvalue weighted by Crippen LogP contribution is -2.36. The first-order valence-electron chi connectivity index (χ1n) is 5.38. The van der Waals surface area contributed by atoms with E-state index in [2.05, 4.69) is 10.0 Å². The Morgan fingerprint density at radius 3 is 2.95 bits per heavy atom. The van der Waals surface area contributed by atoms with E-state index in [9.17, 15) is 14.7 Å². The fourth-order valence-corrected chi connectivity index (χ4v) is 1.92. The van der Waals surface area contributed by atoms with Gasteiger partial charge in [-0.3, -0.25) is 14.3 Å². The Bertz CT molecular complexity index is 618. The molecule has 0 unspecified atom stereocenters. The molecule has 3 N–H and O–H groups in total. The van der Waals surface area contributed by atoms with Crippen molar-refractivity contribution in [3.63, 3.8) is 0 Å². The molecule has 2 rings (SSSR count). The van der Waals surface area contributed by atoms with Gasteiger partial charge in [0.2, 0.25) is 0 Å². The number of nitrogens with one attached hydrogen (secondary N) is 1. The third kappa shape index (κ3) is 2.37. The highest BCUT2D eigenvalue weighted by atomic mass is 17.2. The number of nitrogens with zero attached hydrogens (tertiary/aromatic N) is 4. The average molecular weight is 270 g/mol. The highest BCUT2D eigenvalue weighted by Gasteiger charge is 2.44. The van der Waals surface area contributed by atoms with Crippen molar-refractivity contribution in [3.05, 3.63) is 43.5 Å². The van der Waals surface area contributed by atoms with Gasteiger partial charge in [0.25, 0.3) is 5.56 Å². The molecule has 0 aromatic carbocycles. The second kappa shape index (κ2) is 5.24. The summed E-state index contributed by atoms with van der Waals surface area (Å²) in [6.07, 6.45) is -2.14. The molecular weight excluding hydrogens is 259 g/mol. The van der Waals surface area contributed by atoms with Gasteiger partial charge in [0.05, 0.1) is 12.7 Å². The van der Waals surface area contributed by atoms with Gasteiger partial charge in [-0.25, -0.2) is 4.79 Å². The van der Waals surface area contributed by atoms with Crippen molar-refractivity contribution in [2.45, 2.75) is 24.5 Å². The van der Waals surface area contributed by atoms with Crippen LogP contribution < -0.4 is 11.2 Å². The lowest BCUT2D eigenvalue weighted by molar-refractivity contribution is -0.0464. The van der Waals surface area contributed by atoms with E-state index >= 15 is 0 Å². The number of aliphatic hydroxyl groups excluding tert-OH is 2. The summed E-state index contributed by atoms with van der Waals surface area (Å²) in [6, 6.07) is 0.0158. The fraction of sp³-hybridized carbons (Fsp3) is 0.556. The molecule has 0 saturated carbocycles. The van der Waals surface area contributed by atoms with E-state index in [1.807, 2.05) is 4.98 Å². The van der Waals surface area contributed by atoms with Crippen LogP contribution in [0.5, 0.6) is 0 Å². The lowest BCUT2D eigenvalue weighted by Gasteiger charge is -2.17. The zero-order valence-corrected chi connectivity index (χ0v) is 9.58. The van der Waals surface area contributed by atoms with Crippen LogP contribution in [0.15, 0.2) is 27.0 Å². The highest BCUT2D eigenvalue weighted by Crippen LogP contribution is 2.30. The Morgan fingerprint density at radius 1 is 1.63 bits per heavy atom. The van der Waals surface area contributed by atoms with E-state index in [0.29, 0.717) is 0 Å². The largest absolute Gasteiger partial charge is 0.394 e. The van der Waals surface area contributed by atoms with Crippen LogP contribution in [0, 0.1) is 0 Å². The molecule has 1 aromatic heterocycles. The van der Waals surface area contributed by atoms with Gasteiger partial charge in [0.1, 0.15) is 18.4 Å². The van der Waals surface area contributed by atoms with E-state index in [-0.39, 0.29) is 0 Å². The molecule has 1 aliphatic rings. The van der Waals surface area contributed by atoms with Crippen molar-refractivity contribution >= 4 is 0 Å². The van der Waals surface area contributed by atoms with Crippen LogP contribution in [0.2, 0.25) is 0 Å². The van der Waals surface area contributed by atoms with Gasteiger partial charge in [0, 0.05) is 17.2 Å². The van der Waals surface area contributed by atoms with E-state index in [0.717, 1.165) is 16.8 Å². The lowest BCUT2D eigenvalue weighted by atomic mass is 10.1. The van der Waals surface area contributed by atoms with Gasteiger partial charge in [0.15, 0.2) is 0 Å². The van der Waals surface area contributed by atoms with E-state index in [1.165, 1.54) is 0 Å². The van der Waals surface area contributed by atoms with Crippen molar-refractivity contribution < 1.29 is 14.9 Å². The molecule has 4 atom stereocenters. The number of hydrogen-bond acceptors (Lipinski definition) is 6. The number of ether oxygens (including phenoxy) is 1. The minimum Gasteiger partial charge on any atom is -0.394 e. The van der Waals surface area contributed by atoms with Crippen LogP contribution in [0.25, 0.3) is 10.4 Å². The first kappa shape index (κ1) is 13.3. The number of H-pyrrole nitrogens is 1. The molecule has 10 nitrogen and oxygen atoms in total. The number of azide groups is 1. The van der Waals surface area contributed by atoms with Gasteiger partial charge in [-0.1, -0.05) is 5.11 Å². The number of hydrogen-bond donors (Lipinski definition) is 3. The summed E-state index contributed by atoms with van der Waals surface area (Å²) in [7, 11) is 0. The maximum Gasteiger partial charge on any atom is 0.330 e. The van der Waals surface area contributed by atoms with Crippen molar-refractivity contribution in [2.75, 3.05) is 6.61 Å². The number of aliphatic hydroxyl groups is 2. The number of aromatic amines is 1. The van der Waals surface area contributed by atoms with Crippen LogP contribution in [-0.4, -0.2) is 44.6 Å². The summed E-state index contributed by atoms with van der Waals surface area (Å²) < 4.78 is 6.26. The molecular formula is C9H11N5O5. The van der Waals surface area contributed by atoms with Gasteiger partial charge in [-0.05, 0) is 5.53 Å². The van der Waals surface area contributed by atoms with Crippen LogP contribution in [-0.2, 0) is 4.74 Å². The molecule has 1 fully saturated rings. The van der Waals surface area contributed by atoms with Crippen LogP contribution >= 0.6 is 0 Å². The molecule has 19 heavy (non-hydrogen) atoms. The van der Waals surface area contributed by atoms with E-state index in [4.69, 9.17) is 15.4 Å². The van der Waals surface area contributed by atoms with E-state index < -0.39 is 42.3 Å². The predicted molar refractivity (Wildman–Crippen MR) is 61.3 cm³/mol. The summed E-state index contributed by atoms with van der Waals surface area (Å²) in [4.78, 5) is 27.2. The van der Waals surface area contributed by atoms with E-state index in [1.54, 1.807) is 0 Å². The van der Waals surface area contributed by atoms with Crippen LogP contribution in [0.1, 0.15) is 6.23 Å². The summed E-state index contributed by atoms with van der Waals surface area (Å²) in [5, 5.41) is 22.2. The Kier molecular flexibility index (Phi) is 3.67. The smallest absolute Gasteiger partial charge is 0.330 e. The third-order valence-electron chi connectivity index (χ3n) is 2.83. The predicted octanol–water partition coefficient (Wildman–Crippen LogP) is -1.53. The number of rotatable bonds is 3. The first-order valence-corrected chi connectivity index (χ1v) is 5.38. The average Bonchev–Trinajstić information content (AvgIpc) is 2.68. The Hall–Kier alpha value is -2.13. The van der Waals surface area contributed by atoms with Crippen LogP contribution in [0.3, 0.4) is 0 Å². The Balaban J connectivity index is 2.44. The fourth-order valence-electron chi connectivity index (χ4n) is 1.92. The Morgan fingerprint density at radius 2 is 2.37 bits per heavy atom. The molecule has 0 amide bonds. The van der Waals surface area contributed by atoms with Crippen molar-refractivity contribution in [2.24, 2.45) is 5.11 Å². The molecule has 0 radical (unpaired) electrons. The van der Waals surface area contributed by atoms with Gasteiger partial charge >= 0.3 is 5.69 Å². The summed E-state index contributed by atoms with van der Waals surface area (Å²) in [5.74, 6) is 0. The van der Waals surface area contributed by atoms with Crippen molar-refractivity contribution in [1.82, 2.24) is 9.55 Å². The molecule has 1 aliphatic heterocycles. The van der Waals surface area contributed by atoms with Gasteiger partial charge in [-0.2, -0.15) is 0 Å². The normalized spacial score (nSPS) is 30.0. The molecule has 1 aromatic rings. The number of aromatic nitrogens is 2. The molecule has 2 heterocycles. The van der Waals surface area contributed by atoms with Crippen molar-refractivity contribution in [1.29, 1.82) is 0 Å². The highest BCUT2D eigenvalue weighted by molar-refractivity contribution is 4.96. The molecule has 0 spiro atoms. The zero-order valence-electron chi connectivity index (χ0n) is 9.58. The Labute approximate surface area is 105 Å². The standard InChI is InChI=1S/C9H11N5O5/c10-13-12-6-7(17)4(3-15)19-8(6)14-2-1-5(16)11-9(14)18/h1-2,4,6-8,15,17H,3H2,(H,11,16,18)/t4-,6-,7-,8-/m1/s1/i17+1. The van der Waals surface area contributed by atoms with Gasteiger partial charge in [-0.15, -0.1) is 0 Å². The molecule has 10 heteroatoms. The second-order valence-electron chi connectivity index (χ2n) is 3.95. The summed E-state index contributed by atoms with van der Waals surface area (Å²) in [6.45, 7) is -0.493. The quantitative estimate of drug-likeness (QED) is 0.345. The summed E-state index contributed by atoms with van der Waals surface area (Å²) in [5.41, 5.74) is 7.12. The molecule has 0 aliphatic carbocycles. The molecule has 0 bridgehead atoms. The van der Waals surface area contributed by atoms with Gasteiger partial charge < -0.3 is 14.9 Å². The SMILES string of the molecule is [N-]=[N+]=N[C@@H]1[C@H]([17OH])[C@@H](CO)O[C@H]1n1ccc(=O)[nH]c1=O. The third-order valence-corrected chi connectivity index (χ3v) is 2.83. The maximum atomic E-state index is 11.6. The molecule has 102 valence electrons. The van der Waals surface area contributed by atoms with Crippen molar-refractivity contribution in [3.8, 4) is 0 Å². The molecule has 1 saturated heterocycles. The topological polar surface area (TPSA) is 153 Å². The van der Waals surface area contributed by atoms with Crippen LogP contribution in [0.4, 0.5) is 0 Å².